The first-order valence-corrected chi connectivity index (χ1v) is 25.3. The second-order valence-electron chi connectivity index (χ2n) is 18.1. The number of aliphatic hydroxyl groups is 6. The van der Waals surface area contributed by atoms with E-state index in [0.717, 1.165) is 44.9 Å². The quantitative estimate of drug-likeness (QED) is 0.0296. The van der Waals surface area contributed by atoms with E-state index in [-0.39, 0.29) is 18.9 Å². The third-order valence-electron chi connectivity index (χ3n) is 12.6. The highest BCUT2D eigenvalue weighted by molar-refractivity contribution is 5.76. The zero-order valence-corrected chi connectivity index (χ0v) is 38.4. The van der Waals surface area contributed by atoms with Crippen LogP contribution in [-0.2, 0) is 14.3 Å². The van der Waals surface area contributed by atoms with Crippen molar-refractivity contribution in [3.63, 3.8) is 0 Å². The fourth-order valence-corrected chi connectivity index (χ4v) is 8.44. The Balaban J connectivity index is 2.24. The lowest BCUT2D eigenvalue weighted by Gasteiger charge is -2.40. The van der Waals surface area contributed by atoms with Crippen molar-refractivity contribution in [3.8, 4) is 0 Å². The van der Waals surface area contributed by atoms with E-state index in [1.165, 1.54) is 173 Å². The van der Waals surface area contributed by atoms with Crippen LogP contribution in [0.4, 0.5) is 0 Å². The highest BCUT2D eigenvalue weighted by Gasteiger charge is 2.44. The third kappa shape index (κ3) is 30.0. The fraction of sp³-hybridized carbons (Fsp3) is 0.980. The van der Waals surface area contributed by atoms with Gasteiger partial charge in [-0.05, 0) is 12.8 Å². The lowest BCUT2D eigenvalue weighted by atomic mass is 9.98. The van der Waals surface area contributed by atoms with Crippen molar-refractivity contribution < 1.29 is 44.9 Å². The second kappa shape index (κ2) is 40.0. The largest absolute Gasteiger partial charge is 0.394 e. The number of amides is 1. The van der Waals surface area contributed by atoms with Gasteiger partial charge in [0.05, 0.1) is 25.4 Å². The minimum absolute atomic E-state index is 0.253. The zero-order chi connectivity index (χ0) is 43.2. The van der Waals surface area contributed by atoms with Gasteiger partial charge in [-0.1, -0.05) is 226 Å². The summed E-state index contributed by atoms with van der Waals surface area (Å²) < 4.78 is 11.2. The first-order chi connectivity index (χ1) is 28.8. The third-order valence-corrected chi connectivity index (χ3v) is 12.6. The number of hydrogen-bond acceptors (Lipinski definition) is 9. The molecular weight excluding hydrogens is 747 g/mol. The minimum Gasteiger partial charge on any atom is -0.394 e. The smallest absolute Gasteiger partial charge is 0.220 e. The van der Waals surface area contributed by atoms with Gasteiger partial charge in [0.1, 0.15) is 30.5 Å². The van der Waals surface area contributed by atoms with Crippen molar-refractivity contribution in [1.29, 1.82) is 0 Å². The SMILES string of the molecule is CCCCCCCCCCCCCCCCCCCCCCCCCCC(=O)N[C@@H](CO[C@@H]1O[C@H](CO)[C@H](O)C(O)C1O)[C@H](O)[C@H](O)CCCCCCCCCCCC. The molecule has 10 nitrogen and oxygen atoms in total. The molecule has 0 spiro atoms. The molecule has 8 atom stereocenters. The molecule has 1 aliphatic rings. The molecule has 0 aliphatic carbocycles. The Labute approximate surface area is 362 Å². The molecule has 0 aromatic heterocycles. The monoisotopic (exact) mass is 844 g/mol. The summed E-state index contributed by atoms with van der Waals surface area (Å²) in [5.41, 5.74) is 0. The highest BCUT2D eigenvalue weighted by atomic mass is 16.7. The van der Waals surface area contributed by atoms with Gasteiger partial charge in [-0.25, -0.2) is 0 Å². The van der Waals surface area contributed by atoms with Crippen LogP contribution in [0.2, 0.25) is 0 Å². The predicted molar refractivity (Wildman–Crippen MR) is 241 cm³/mol. The topological polar surface area (TPSA) is 169 Å². The minimum atomic E-state index is -1.60. The Morgan fingerprint density at radius 3 is 1.25 bits per heavy atom. The van der Waals surface area contributed by atoms with E-state index in [2.05, 4.69) is 19.2 Å². The first-order valence-electron chi connectivity index (χ1n) is 25.3. The van der Waals surface area contributed by atoms with Crippen molar-refractivity contribution in [2.24, 2.45) is 0 Å². The standard InChI is InChI=1S/C49H97NO9/c1-3-5-7-9-11-13-15-16-17-18-19-20-21-22-23-24-25-26-27-28-30-32-34-36-38-44(53)50-41(40-58-49-48(57)47(56)46(55)43(39-51)59-49)45(54)42(52)37-35-33-31-29-14-12-10-8-6-4-2/h41-43,45-49,51-52,54-57H,3-40H2,1-2H3,(H,50,53)/t41-,42+,43+,45-,46-,47?,48?,49+/m0/s1. The summed E-state index contributed by atoms with van der Waals surface area (Å²) in [5, 5.41) is 65.1. The Morgan fingerprint density at radius 1 is 0.525 bits per heavy atom. The van der Waals surface area contributed by atoms with E-state index >= 15 is 0 Å². The van der Waals surface area contributed by atoms with E-state index in [4.69, 9.17) is 9.47 Å². The van der Waals surface area contributed by atoms with Crippen LogP contribution in [0, 0.1) is 0 Å². The molecule has 10 heteroatoms. The molecule has 7 N–H and O–H groups in total. The molecule has 59 heavy (non-hydrogen) atoms. The summed E-state index contributed by atoms with van der Waals surface area (Å²) >= 11 is 0. The van der Waals surface area contributed by atoms with Crippen molar-refractivity contribution in [2.75, 3.05) is 13.2 Å². The van der Waals surface area contributed by atoms with E-state index in [0.29, 0.717) is 6.42 Å². The first kappa shape index (κ1) is 56.2. The maximum Gasteiger partial charge on any atom is 0.220 e. The Bertz CT molecular complexity index is 911. The number of aliphatic hydroxyl groups excluding tert-OH is 6. The Morgan fingerprint density at radius 2 is 0.881 bits per heavy atom. The molecule has 1 heterocycles. The van der Waals surface area contributed by atoms with Crippen LogP contribution in [0.25, 0.3) is 0 Å². The van der Waals surface area contributed by atoms with E-state index in [9.17, 15) is 35.4 Å². The van der Waals surface area contributed by atoms with Gasteiger partial charge in [-0.2, -0.15) is 0 Å². The van der Waals surface area contributed by atoms with Gasteiger partial charge >= 0.3 is 0 Å². The lowest BCUT2D eigenvalue weighted by molar-refractivity contribution is -0.303. The van der Waals surface area contributed by atoms with Gasteiger partial charge in [0, 0.05) is 6.42 Å². The summed E-state index contributed by atoms with van der Waals surface area (Å²) in [6, 6.07) is -0.984. The predicted octanol–water partition coefficient (Wildman–Crippen LogP) is 10.1. The molecule has 1 rings (SSSR count). The molecule has 0 saturated carbocycles. The van der Waals surface area contributed by atoms with Gasteiger partial charge < -0.3 is 45.4 Å². The summed E-state index contributed by atoms with van der Waals surface area (Å²) in [6.07, 6.45) is 34.2. The maximum absolute atomic E-state index is 13.0. The number of ether oxygens (including phenoxy) is 2. The summed E-state index contributed by atoms with van der Waals surface area (Å²) in [7, 11) is 0. The van der Waals surface area contributed by atoms with Crippen LogP contribution in [-0.4, -0.2) is 98.7 Å². The van der Waals surface area contributed by atoms with Crippen LogP contribution < -0.4 is 5.32 Å². The number of hydrogen-bond donors (Lipinski definition) is 7. The molecule has 0 aromatic carbocycles. The van der Waals surface area contributed by atoms with Gasteiger partial charge in [-0.15, -0.1) is 0 Å². The lowest BCUT2D eigenvalue weighted by Crippen LogP contribution is -2.60. The fourth-order valence-electron chi connectivity index (χ4n) is 8.44. The number of carbonyl (C=O) groups is 1. The number of carbonyl (C=O) groups excluding carboxylic acids is 1. The van der Waals surface area contributed by atoms with Crippen molar-refractivity contribution in [1.82, 2.24) is 5.32 Å². The molecule has 2 unspecified atom stereocenters. The molecule has 1 saturated heterocycles. The van der Waals surface area contributed by atoms with Crippen LogP contribution in [0.5, 0.6) is 0 Å². The van der Waals surface area contributed by atoms with Gasteiger partial charge in [-0.3, -0.25) is 4.79 Å². The number of unbranched alkanes of at least 4 members (excludes halogenated alkanes) is 32. The van der Waals surface area contributed by atoms with Gasteiger partial charge in [0.15, 0.2) is 6.29 Å². The molecule has 1 amide bonds. The zero-order valence-electron chi connectivity index (χ0n) is 38.4. The van der Waals surface area contributed by atoms with Crippen LogP contribution >= 0.6 is 0 Å². The molecule has 0 bridgehead atoms. The van der Waals surface area contributed by atoms with Crippen molar-refractivity contribution in [3.05, 3.63) is 0 Å². The number of rotatable bonds is 43. The van der Waals surface area contributed by atoms with Crippen molar-refractivity contribution in [2.45, 2.75) is 294 Å². The average Bonchev–Trinajstić information content (AvgIpc) is 3.23. The maximum atomic E-state index is 13.0. The van der Waals surface area contributed by atoms with Crippen LogP contribution in [0.15, 0.2) is 0 Å². The molecule has 1 fully saturated rings. The van der Waals surface area contributed by atoms with Crippen molar-refractivity contribution >= 4 is 5.91 Å². The molecule has 352 valence electrons. The second-order valence-corrected chi connectivity index (χ2v) is 18.1. The van der Waals surface area contributed by atoms with Gasteiger partial charge in [0.25, 0.3) is 0 Å². The molecule has 0 radical (unpaired) electrons. The summed E-state index contributed by atoms with van der Waals surface area (Å²) in [5.74, 6) is -0.253. The van der Waals surface area contributed by atoms with Crippen LogP contribution in [0.3, 0.4) is 0 Å². The van der Waals surface area contributed by atoms with Gasteiger partial charge in [0.2, 0.25) is 5.91 Å². The van der Waals surface area contributed by atoms with E-state index in [1.54, 1.807) is 0 Å². The normalized spacial score (nSPS) is 21.1. The van der Waals surface area contributed by atoms with Crippen LogP contribution in [0.1, 0.15) is 245 Å². The average molecular weight is 844 g/mol. The highest BCUT2D eigenvalue weighted by Crippen LogP contribution is 2.23. The summed E-state index contributed by atoms with van der Waals surface area (Å²) in [6.45, 7) is 3.61. The Kier molecular flexibility index (Phi) is 38.0. The molecular formula is C49H97NO9. The van der Waals surface area contributed by atoms with E-state index < -0.39 is 55.6 Å². The molecule has 0 aromatic rings. The number of nitrogens with one attached hydrogen (secondary N) is 1. The Hall–Kier alpha value is -0.850. The molecule has 1 aliphatic heterocycles. The van der Waals surface area contributed by atoms with E-state index in [1.807, 2.05) is 0 Å². The summed E-state index contributed by atoms with van der Waals surface area (Å²) in [4.78, 5) is 13.0.